The van der Waals surface area contributed by atoms with Crippen molar-refractivity contribution in [3.05, 3.63) is 47.5 Å². The number of aromatic nitrogens is 1. The fourth-order valence-corrected chi connectivity index (χ4v) is 6.46. The third-order valence-electron chi connectivity index (χ3n) is 8.82. The zero-order chi connectivity index (χ0) is 27.1. The Hall–Kier alpha value is -3.06. The maximum atomic E-state index is 15.6. The van der Waals surface area contributed by atoms with Gasteiger partial charge in [0.15, 0.2) is 0 Å². The Bertz CT molecular complexity index is 1360. The molecule has 2 saturated carbocycles. The van der Waals surface area contributed by atoms with Gasteiger partial charge in [-0.05, 0) is 94.9 Å². The first-order valence-electron chi connectivity index (χ1n) is 14.6. The van der Waals surface area contributed by atoms with Gasteiger partial charge < -0.3 is 24.6 Å². The first-order chi connectivity index (χ1) is 18.9. The van der Waals surface area contributed by atoms with E-state index in [9.17, 15) is 9.90 Å². The number of ether oxygens (including phenoxy) is 1. The molecule has 0 bridgehead atoms. The zero-order valence-electron chi connectivity index (χ0n) is 23.1. The summed E-state index contributed by atoms with van der Waals surface area (Å²) in [4.78, 5) is 14.2. The molecule has 0 spiro atoms. The van der Waals surface area contributed by atoms with Gasteiger partial charge in [0.2, 0.25) is 0 Å². The lowest BCUT2D eigenvalue weighted by Crippen LogP contribution is -2.29. The number of rotatable bonds is 8. The molecule has 1 aromatic heterocycles. The average Bonchev–Trinajstić information content (AvgIpc) is 3.69. The van der Waals surface area contributed by atoms with Gasteiger partial charge in [-0.1, -0.05) is 18.9 Å². The van der Waals surface area contributed by atoms with Gasteiger partial charge in [-0.15, -0.1) is 0 Å². The summed E-state index contributed by atoms with van der Waals surface area (Å²) < 4.78 is 24.1. The lowest BCUT2D eigenvalue weighted by atomic mass is 9.80. The molecule has 2 aromatic carbocycles. The number of fused-ring (bicyclic) bond motifs is 5. The minimum absolute atomic E-state index is 0.198. The van der Waals surface area contributed by atoms with E-state index in [0.29, 0.717) is 12.3 Å². The molecule has 2 heterocycles. The molecule has 208 valence electrons. The van der Waals surface area contributed by atoms with Crippen LogP contribution >= 0.6 is 0 Å². The minimum Gasteiger partial charge on any atom is -0.493 e. The summed E-state index contributed by atoms with van der Waals surface area (Å²) in [5.74, 6) is 0.386. The third-order valence-corrected chi connectivity index (χ3v) is 8.82. The molecule has 3 atom stereocenters. The van der Waals surface area contributed by atoms with Gasteiger partial charge in [-0.2, -0.15) is 0 Å². The highest BCUT2D eigenvalue weighted by atomic mass is 19.1. The van der Waals surface area contributed by atoms with Gasteiger partial charge >= 0.3 is 5.97 Å². The van der Waals surface area contributed by atoms with Crippen LogP contribution in [0.5, 0.6) is 5.75 Å². The van der Waals surface area contributed by atoms with E-state index in [1.165, 1.54) is 12.8 Å². The smallest absolute Gasteiger partial charge is 0.335 e. The number of carboxylic acids is 1. The number of alkyl halides is 1. The van der Waals surface area contributed by atoms with Crippen molar-refractivity contribution in [3.8, 4) is 17.0 Å². The molecule has 2 N–H and O–H groups in total. The van der Waals surface area contributed by atoms with Crippen molar-refractivity contribution in [1.82, 2.24) is 9.47 Å². The second-order valence-electron chi connectivity index (χ2n) is 12.0. The predicted molar refractivity (Wildman–Crippen MR) is 154 cm³/mol. The fourth-order valence-electron chi connectivity index (χ4n) is 6.46. The van der Waals surface area contributed by atoms with Crippen LogP contribution in [-0.4, -0.2) is 60.0 Å². The molecule has 0 saturated heterocycles. The first kappa shape index (κ1) is 26.2. The Labute approximate surface area is 230 Å². The number of carboxylic acid groups (broad SMARTS) is 1. The van der Waals surface area contributed by atoms with Gasteiger partial charge in [-0.3, -0.25) is 0 Å². The lowest BCUT2D eigenvalue weighted by molar-refractivity contribution is 0.0697. The molecule has 2 aliphatic carbocycles. The van der Waals surface area contributed by atoms with Gasteiger partial charge in [-0.25, -0.2) is 9.18 Å². The van der Waals surface area contributed by atoms with Crippen molar-refractivity contribution in [1.29, 1.82) is 0 Å². The molecule has 3 aromatic rings. The van der Waals surface area contributed by atoms with E-state index in [0.717, 1.165) is 91.0 Å². The van der Waals surface area contributed by atoms with E-state index in [4.69, 9.17) is 4.74 Å². The van der Waals surface area contributed by atoms with Gasteiger partial charge in [0, 0.05) is 46.7 Å². The SMILES string of the molecule is CN(C)CCC1CCn2c(c(C3CCCC[C@@H]3F)c3ccc(C(=O)O)cc32)-c2ccc(OCC3CC3)cc2N1. The Morgan fingerprint density at radius 1 is 1.10 bits per heavy atom. The van der Waals surface area contributed by atoms with Crippen LogP contribution in [0.4, 0.5) is 10.1 Å². The van der Waals surface area contributed by atoms with E-state index < -0.39 is 12.1 Å². The molecule has 6 rings (SSSR count). The molecule has 2 unspecified atom stereocenters. The summed E-state index contributed by atoms with van der Waals surface area (Å²) in [5, 5.41) is 14.6. The van der Waals surface area contributed by atoms with Crippen molar-refractivity contribution in [3.63, 3.8) is 0 Å². The molecular formula is C32H40FN3O3. The van der Waals surface area contributed by atoms with Crippen molar-refractivity contribution < 1.29 is 19.0 Å². The monoisotopic (exact) mass is 533 g/mol. The molecule has 3 aliphatic rings. The highest BCUT2D eigenvalue weighted by molar-refractivity contribution is 5.99. The van der Waals surface area contributed by atoms with Crippen LogP contribution in [0.3, 0.4) is 0 Å². The van der Waals surface area contributed by atoms with Crippen LogP contribution in [0.2, 0.25) is 0 Å². The van der Waals surface area contributed by atoms with Crippen molar-refractivity contribution in [2.75, 3.05) is 32.6 Å². The topological polar surface area (TPSA) is 66.7 Å². The molecule has 2 fully saturated rings. The minimum atomic E-state index is -0.941. The number of nitrogens with one attached hydrogen (secondary N) is 1. The number of aryl methyl sites for hydroxylation is 1. The number of aromatic carboxylic acids is 1. The number of carbonyl (C=O) groups is 1. The molecule has 7 heteroatoms. The molecule has 1 aliphatic heterocycles. The number of benzene rings is 2. The van der Waals surface area contributed by atoms with Gasteiger partial charge in [0.25, 0.3) is 0 Å². The van der Waals surface area contributed by atoms with Crippen LogP contribution in [0.1, 0.15) is 73.2 Å². The van der Waals surface area contributed by atoms with Crippen LogP contribution in [0, 0.1) is 5.92 Å². The zero-order valence-corrected chi connectivity index (χ0v) is 23.1. The molecule has 6 nitrogen and oxygen atoms in total. The number of nitrogens with zero attached hydrogens (tertiary/aromatic N) is 2. The van der Waals surface area contributed by atoms with Crippen LogP contribution in [0.25, 0.3) is 22.2 Å². The lowest BCUT2D eigenvalue weighted by Gasteiger charge is -2.30. The van der Waals surface area contributed by atoms with Crippen LogP contribution < -0.4 is 10.1 Å². The average molecular weight is 534 g/mol. The first-order valence-corrected chi connectivity index (χ1v) is 14.6. The van der Waals surface area contributed by atoms with Crippen molar-refractivity contribution in [2.45, 2.75) is 76.0 Å². The van der Waals surface area contributed by atoms with Crippen molar-refractivity contribution >= 4 is 22.6 Å². The quantitative estimate of drug-likeness (QED) is 0.329. The highest BCUT2D eigenvalue weighted by Gasteiger charge is 2.34. The molecule has 39 heavy (non-hydrogen) atoms. The summed E-state index contributed by atoms with van der Waals surface area (Å²) in [6, 6.07) is 11.9. The second-order valence-corrected chi connectivity index (χ2v) is 12.0. The van der Waals surface area contributed by atoms with Gasteiger partial charge in [0.05, 0.1) is 17.9 Å². The number of hydrogen-bond acceptors (Lipinski definition) is 4. The number of anilines is 1. The van der Waals surface area contributed by atoms with E-state index in [1.54, 1.807) is 12.1 Å². The Kier molecular flexibility index (Phi) is 7.27. The van der Waals surface area contributed by atoms with Gasteiger partial charge in [0.1, 0.15) is 11.9 Å². The number of hydrogen-bond donors (Lipinski definition) is 2. The maximum absolute atomic E-state index is 15.6. The second kappa shape index (κ2) is 10.8. The Morgan fingerprint density at radius 2 is 1.92 bits per heavy atom. The molecule has 0 amide bonds. The maximum Gasteiger partial charge on any atom is 0.335 e. The molecular weight excluding hydrogens is 493 g/mol. The van der Waals surface area contributed by atoms with E-state index >= 15 is 4.39 Å². The van der Waals surface area contributed by atoms with Crippen molar-refractivity contribution in [2.24, 2.45) is 5.92 Å². The van der Waals surface area contributed by atoms with E-state index in [2.05, 4.69) is 41.0 Å². The van der Waals surface area contributed by atoms with Crippen LogP contribution in [0.15, 0.2) is 36.4 Å². The van der Waals surface area contributed by atoms with E-state index in [-0.39, 0.29) is 17.5 Å². The summed E-state index contributed by atoms with van der Waals surface area (Å²) in [6.45, 7) is 2.45. The summed E-state index contributed by atoms with van der Waals surface area (Å²) >= 11 is 0. The normalized spacial score (nSPS) is 23.0. The fraction of sp³-hybridized carbons (Fsp3) is 0.531. The standard InChI is InChI=1S/C32H40FN3O3/c1-35(2)15-13-22-14-16-36-29-17-21(32(37)38)9-11-26(29)30(24-5-3-4-6-27(24)33)31(36)25-12-10-23(18-28(25)34-22)39-19-20-7-8-20/h9-12,17-18,20,22,24,27,34H,3-8,13-16,19H2,1-2H3,(H,37,38)/t22?,24?,27-/m0/s1. The summed E-state index contributed by atoms with van der Waals surface area (Å²) in [5.41, 5.74) is 5.29. The Morgan fingerprint density at radius 3 is 2.67 bits per heavy atom. The summed E-state index contributed by atoms with van der Waals surface area (Å²) in [6.07, 6.45) is 6.77. The highest BCUT2D eigenvalue weighted by Crippen LogP contribution is 2.48. The summed E-state index contributed by atoms with van der Waals surface area (Å²) in [7, 11) is 4.19. The largest absolute Gasteiger partial charge is 0.493 e. The molecule has 0 radical (unpaired) electrons. The number of halogens is 1. The van der Waals surface area contributed by atoms with Crippen LogP contribution in [-0.2, 0) is 6.54 Å². The Balaban J connectivity index is 1.53. The predicted octanol–water partition coefficient (Wildman–Crippen LogP) is 6.93. The van der Waals surface area contributed by atoms with E-state index in [1.807, 2.05) is 12.1 Å². The third kappa shape index (κ3) is 5.38.